The summed E-state index contributed by atoms with van der Waals surface area (Å²) in [4.78, 5) is 5.15. The largest absolute Gasteiger partial charge is 0.326 e. The molecule has 1 heterocycles. The van der Waals surface area contributed by atoms with Gasteiger partial charge in [-0.05, 0) is 31.9 Å². The molecule has 0 spiro atoms. The zero-order valence-electron chi connectivity index (χ0n) is 10.4. The van der Waals surface area contributed by atoms with E-state index in [0.29, 0.717) is 12.6 Å². The zero-order valence-corrected chi connectivity index (χ0v) is 12.0. The van der Waals surface area contributed by atoms with Crippen molar-refractivity contribution in [2.45, 2.75) is 32.5 Å². The first kappa shape index (κ1) is 14.0. The summed E-state index contributed by atoms with van der Waals surface area (Å²) < 4.78 is 0. The molecule has 0 aliphatic rings. The third kappa shape index (κ3) is 4.09. The van der Waals surface area contributed by atoms with Gasteiger partial charge in [-0.15, -0.1) is 11.3 Å². The summed E-state index contributed by atoms with van der Waals surface area (Å²) in [6, 6.07) is 5.02. The van der Waals surface area contributed by atoms with Crippen molar-refractivity contribution in [3.8, 4) is 0 Å². The van der Waals surface area contributed by atoms with Crippen molar-refractivity contribution < 1.29 is 0 Å². The minimum Gasteiger partial charge on any atom is -0.326 e. The van der Waals surface area contributed by atoms with E-state index in [1.807, 2.05) is 23.1 Å². The molecule has 92 valence electrons. The van der Waals surface area contributed by atoms with Crippen LogP contribution in [0, 0.1) is 0 Å². The average Bonchev–Trinajstić information content (AvgIpc) is 2.73. The maximum atomic E-state index is 5.62. The molecule has 2 nitrogen and oxygen atoms in total. The van der Waals surface area contributed by atoms with Crippen molar-refractivity contribution in [2.24, 2.45) is 5.73 Å². The van der Waals surface area contributed by atoms with Gasteiger partial charge in [-0.2, -0.15) is 11.8 Å². The Balaban J connectivity index is 2.51. The third-order valence-electron chi connectivity index (χ3n) is 2.78. The molecule has 0 saturated carbocycles. The summed E-state index contributed by atoms with van der Waals surface area (Å²) in [7, 11) is 2.21. The van der Waals surface area contributed by atoms with E-state index < -0.39 is 0 Å². The number of nitrogens with zero attached hydrogens (tertiary/aromatic N) is 1. The minimum absolute atomic E-state index is 0.663. The molecular weight excluding hydrogens is 236 g/mol. The molecule has 0 radical (unpaired) electrons. The molecule has 0 saturated heterocycles. The van der Waals surface area contributed by atoms with Crippen LogP contribution in [0.4, 0.5) is 0 Å². The van der Waals surface area contributed by atoms with Crippen molar-refractivity contribution in [1.82, 2.24) is 4.90 Å². The van der Waals surface area contributed by atoms with Crippen molar-refractivity contribution in [1.29, 1.82) is 0 Å². The van der Waals surface area contributed by atoms with E-state index in [-0.39, 0.29) is 0 Å². The van der Waals surface area contributed by atoms with Crippen LogP contribution >= 0.6 is 23.1 Å². The number of rotatable bonds is 7. The first-order valence-electron chi connectivity index (χ1n) is 5.68. The zero-order chi connectivity index (χ0) is 12.0. The SMILES string of the molecule is CCC(CSC)N(C)Cc1ccc(CN)s1. The maximum absolute atomic E-state index is 5.62. The van der Waals surface area contributed by atoms with E-state index >= 15 is 0 Å². The van der Waals surface area contributed by atoms with Gasteiger partial charge < -0.3 is 5.73 Å². The molecule has 1 rings (SSSR count). The van der Waals surface area contributed by atoms with E-state index in [0.717, 1.165) is 6.54 Å². The molecule has 4 heteroatoms. The van der Waals surface area contributed by atoms with Crippen LogP contribution in [0.2, 0.25) is 0 Å². The molecule has 16 heavy (non-hydrogen) atoms. The maximum Gasteiger partial charge on any atom is 0.0328 e. The van der Waals surface area contributed by atoms with Gasteiger partial charge >= 0.3 is 0 Å². The quantitative estimate of drug-likeness (QED) is 0.815. The molecular formula is C12H22N2S2. The van der Waals surface area contributed by atoms with Gasteiger partial charge in [-0.1, -0.05) is 6.92 Å². The minimum atomic E-state index is 0.663. The highest BCUT2D eigenvalue weighted by molar-refractivity contribution is 7.98. The van der Waals surface area contributed by atoms with Gasteiger partial charge in [0.2, 0.25) is 0 Å². The van der Waals surface area contributed by atoms with Gasteiger partial charge in [0.25, 0.3) is 0 Å². The van der Waals surface area contributed by atoms with Gasteiger partial charge in [0.05, 0.1) is 0 Å². The van der Waals surface area contributed by atoms with Crippen molar-refractivity contribution in [2.75, 3.05) is 19.1 Å². The Bertz CT molecular complexity index is 299. The predicted molar refractivity (Wildman–Crippen MR) is 76.1 cm³/mol. The van der Waals surface area contributed by atoms with Crippen LogP contribution in [0.5, 0.6) is 0 Å². The topological polar surface area (TPSA) is 29.3 Å². The number of thioether (sulfide) groups is 1. The fourth-order valence-corrected chi connectivity index (χ4v) is 3.58. The summed E-state index contributed by atoms with van der Waals surface area (Å²) in [5, 5.41) is 0. The Morgan fingerprint density at radius 1 is 1.44 bits per heavy atom. The fraction of sp³-hybridized carbons (Fsp3) is 0.667. The van der Waals surface area contributed by atoms with Crippen molar-refractivity contribution in [3.63, 3.8) is 0 Å². The molecule has 0 aromatic carbocycles. The first-order chi connectivity index (χ1) is 7.71. The fourth-order valence-electron chi connectivity index (χ4n) is 1.74. The Kier molecular flexibility index (Phi) is 6.43. The Morgan fingerprint density at radius 3 is 2.62 bits per heavy atom. The second kappa shape index (κ2) is 7.33. The van der Waals surface area contributed by atoms with E-state index in [4.69, 9.17) is 5.73 Å². The molecule has 0 fully saturated rings. The molecule has 1 atom stereocenters. The van der Waals surface area contributed by atoms with Gasteiger partial charge in [0, 0.05) is 34.6 Å². The summed E-state index contributed by atoms with van der Waals surface area (Å²) >= 11 is 3.76. The highest BCUT2D eigenvalue weighted by Crippen LogP contribution is 2.19. The number of hydrogen-bond donors (Lipinski definition) is 1. The molecule has 2 N–H and O–H groups in total. The molecule has 1 aromatic rings. The van der Waals surface area contributed by atoms with Crippen LogP contribution in [0.3, 0.4) is 0 Å². The van der Waals surface area contributed by atoms with Crippen LogP contribution in [0.25, 0.3) is 0 Å². The third-order valence-corrected chi connectivity index (χ3v) is 4.59. The van der Waals surface area contributed by atoms with E-state index in [1.54, 1.807) is 0 Å². The molecule has 1 aromatic heterocycles. The van der Waals surface area contributed by atoms with Crippen LogP contribution in [-0.2, 0) is 13.1 Å². The van der Waals surface area contributed by atoms with E-state index in [9.17, 15) is 0 Å². The van der Waals surface area contributed by atoms with E-state index in [1.165, 1.54) is 21.9 Å². The van der Waals surface area contributed by atoms with Crippen molar-refractivity contribution >= 4 is 23.1 Å². The standard InChI is InChI=1S/C12H22N2S2/c1-4-10(9-15-3)14(2)8-12-6-5-11(7-13)16-12/h5-6,10H,4,7-9,13H2,1-3H3. The second-order valence-corrected chi connectivity index (χ2v) is 6.17. The smallest absolute Gasteiger partial charge is 0.0328 e. The summed E-state index contributed by atoms with van der Waals surface area (Å²) in [5.41, 5.74) is 5.62. The lowest BCUT2D eigenvalue weighted by atomic mass is 10.2. The lowest BCUT2D eigenvalue weighted by Gasteiger charge is -2.25. The monoisotopic (exact) mass is 258 g/mol. The average molecular weight is 258 g/mol. The van der Waals surface area contributed by atoms with Crippen LogP contribution < -0.4 is 5.73 Å². The molecule has 0 amide bonds. The second-order valence-electron chi connectivity index (χ2n) is 4.00. The van der Waals surface area contributed by atoms with E-state index in [2.05, 4.69) is 37.3 Å². The highest BCUT2D eigenvalue weighted by atomic mass is 32.2. The Hall–Kier alpha value is -0.0300. The summed E-state index contributed by atoms with van der Waals surface area (Å²) in [5.74, 6) is 1.21. The van der Waals surface area contributed by atoms with Gasteiger partial charge in [0.15, 0.2) is 0 Å². The molecule has 0 aliphatic carbocycles. The van der Waals surface area contributed by atoms with Crippen LogP contribution in [0.1, 0.15) is 23.1 Å². The van der Waals surface area contributed by atoms with Crippen molar-refractivity contribution in [3.05, 3.63) is 21.9 Å². The summed E-state index contributed by atoms with van der Waals surface area (Å²) in [6.45, 7) is 3.97. The normalized spacial score (nSPS) is 13.3. The molecule has 0 bridgehead atoms. The van der Waals surface area contributed by atoms with Crippen LogP contribution in [0.15, 0.2) is 12.1 Å². The van der Waals surface area contributed by atoms with Crippen LogP contribution in [-0.4, -0.2) is 30.0 Å². The van der Waals surface area contributed by atoms with Gasteiger partial charge in [-0.3, -0.25) is 4.90 Å². The summed E-state index contributed by atoms with van der Waals surface area (Å²) in [6.07, 6.45) is 3.39. The first-order valence-corrected chi connectivity index (χ1v) is 7.89. The number of nitrogens with two attached hydrogens (primary N) is 1. The highest BCUT2D eigenvalue weighted by Gasteiger charge is 2.12. The lowest BCUT2D eigenvalue weighted by Crippen LogP contribution is -2.32. The number of hydrogen-bond acceptors (Lipinski definition) is 4. The number of thiophene rings is 1. The Labute approximate surface area is 107 Å². The lowest BCUT2D eigenvalue weighted by molar-refractivity contribution is 0.250. The molecule has 1 unspecified atom stereocenters. The predicted octanol–water partition coefficient (Wildman–Crippen LogP) is 2.78. The van der Waals surface area contributed by atoms with Gasteiger partial charge in [-0.25, -0.2) is 0 Å². The molecule has 0 aliphatic heterocycles. The van der Waals surface area contributed by atoms with Gasteiger partial charge in [0.1, 0.15) is 0 Å². The Morgan fingerprint density at radius 2 is 2.12 bits per heavy atom.